The van der Waals surface area contributed by atoms with Gasteiger partial charge in [-0.05, 0) is 42.0 Å². The highest BCUT2D eigenvalue weighted by Crippen LogP contribution is 2.22. The number of hydrogen-bond donors (Lipinski definition) is 1. The maximum absolute atomic E-state index is 12.4. The third-order valence-corrected chi connectivity index (χ3v) is 4.40. The van der Waals surface area contributed by atoms with Crippen LogP contribution in [0.4, 0.5) is 5.69 Å². The summed E-state index contributed by atoms with van der Waals surface area (Å²) in [6, 6.07) is 15.8. The molecule has 0 saturated heterocycles. The van der Waals surface area contributed by atoms with E-state index in [1.165, 1.54) is 6.26 Å². The predicted octanol–water partition coefficient (Wildman–Crippen LogP) is 3.03. The van der Waals surface area contributed by atoms with Gasteiger partial charge >= 0.3 is 0 Å². The number of rotatable bonds is 4. The normalized spacial score (nSPS) is 11.4. The van der Waals surface area contributed by atoms with Crippen molar-refractivity contribution in [1.82, 2.24) is 4.98 Å². The summed E-state index contributed by atoms with van der Waals surface area (Å²) in [4.78, 5) is 16.7. The quantitative estimate of drug-likeness (QED) is 0.792. The van der Waals surface area contributed by atoms with Gasteiger partial charge in [0.15, 0.2) is 9.84 Å². The van der Waals surface area contributed by atoms with E-state index >= 15 is 0 Å². The Hall–Kier alpha value is -2.73. The molecule has 122 valence electrons. The Bertz CT molecular complexity index is 991. The van der Waals surface area contributed by atoms with Crippen LogP contribution in [0, 0.1) is 0 Å². The van der Waals surface area contributed by atoms with E-state index in [1.807, 2.05) is 30.3 Å². The monoisotopic (exact) mass is 340 g/mol. The lowest BCUT2D eigenvalue weighted by molar-refractivity contribution is 0.102. The van der Waals surface area contributed by atoms with Crippen molar-refractivity contribution in [2.45, 2.75) is 5.75 Å². The molecule has 0 fully saturated rings. The molecule has 1 N–H and O–H groups in total. The van der Waals surface area contributed by atoms with Gasteiger partial charge < -0.3 is 5.32 Å². The van der Waals surface area contributed by atoms with Crippen LogP contribution >= 0.6 is 0 Å². The molecule has 0 aliphatic carbocycles. The summed E-state index contributed by atoms with van der Waals surface area (Å²) >= 11 is 0. The third-order valence-electron chi connectivity index (χ3n) is 3.54. The number of sulfone groups is 1. The average molecular weight is 340 g/mol. The lowest BCUT2D eigenvalue weighted by atomic mass is 10.1. The lowest BCUT2D eigenvalue weighted by Gasteiger charge is -2.09. The van der Waals surface area contributed by atoms with Gasteiger partial charge in [-0.1, -0.05) is 18.2 Å². The highest BCUT2D eigenvalue weighted by Gasteiger charge is 2.10. The number of pyridine rings is 1. The Morgan fingerprint density at radius 3 is 2.50 bits per heavy atom. The second-order valence-corrected chi connectivity index (χ2v) is 7.74. The summed E-state index contributed by atoms with van der Waals surface area (Å²) in [6.45, 7) is 0. The van der Waals surface area contributed by atoms with Crippen LogP contribution in [0.3, 0.4) is 0 Å². The van der Waals surface area contributed by atoms with Crippen LogP contribution in [0.2, 0.25) is 0 Å². The van der Waals surface area contributed by atoms with Crippen molar-refractivity contribution in [3.63, 3.8) is 0 Å². The highest BCUT2D eigenvalue weighted by atomic mass is 32.2. The lowest BCUT2D eigenvalue weighted by Crippen LogP contribution is -2.12. The van der Waals surface area contributed by atoms with Crippen molar-refractivity contribution >= 4 is 32.3 Å². The summed E-state index contributed by atoms with van der Waals surface area (Å²) < 4.78 is 22.6. The number of amides is 1. The number of anilines is 1. The molecule has 0 bridgehead atoms. The first-order chi connectivity index (χ1) is 11.4. The van der Waals surface area contributed by atoms with Gasteiger partial charge in [0, 0.05) is 23.4 Å². The number of aromatic nitrogens is 1. The molecular weight excluding hydrogens is 324 g/mol. The predicted molar refractivity (Wildman–Crippen MR) is 94.7 cm³/mol. The van der Waals surface area contributed by atoms with Gasteiger partial charge in [0.25, 0.3) is 5.91 Å². The maximum Gasteiger partial charge on any atom is 0.255 e. The number of fused-ring (bicyclic) bond motifs is 1. The van der Waals surface area contributed by atoms with Gasteiger partial charge in [-0.15, -0.1) is 0 Å². The molecule has 0 atom stereocenters. The molecule has 3 aromatic rings. The molecule has 0 aliphatic heterocycles. The molecular formula is C18H16N2O3S. The minimum Gasteiger partial charge on any atom is -0.321 e. The van der Waals surface area contributed by atoms with Crippen LogP contribution in [-0.2, 0) is 15.6 Å². The van der Waals surface area contributed by atoms with Gasteiger partial charge in [0.2, 0.25) is 0 Å². The fourth-order valence-corrected chi connectivity index (χ4v) is 3.26. The number of hydrogen-bond acceptors (Lipinski definition) is 4. The van der Waals surface area contributed by atoms with Gasteiger partial charge in [0.1, 0.15) is 0 Å². The second-order valence-electron chi connectivity index (χ2n) is 5.60. The van der Waals surface area contributed by atoms with Crippen LogP contribution in [0.5, 0.6) is 0 Å². The highest BCUT2D eigenvalue weighted by molar-refractivity contribution is 7.89. The Morgan fingerprint density at radius 1 is 1.04 bits per heavy atom. The summed E-state index contributed by atoms with van der Waals surface area (Å²) in [5, 5.41) is 3.73. The van der Waals surface area contributed by atoms with Crippen molar-refractivity contribution in [3.8, 4) is 0 Å². The maximum atomic E-state index is 12.4. The first kappa shape index (κ1) is 16.1. The van der Waals surface area contributed by atoms with Gasteiger partial charge in [-0.25, -0.2) is 8.42 Å². The van der Waals surface area contributed by atoms with Crippen molar-refractivity contribution in [3.05, 3.63) is 71.9 Å². The zero-order valence-corrected chi connectivity index (χ0v) is 13.9. The van der Waals surface area contributed by atoms with Crippen LogP contribution in [0.15, 0.2) is 60.8 Å². The standard InChI is InChI=1S/C18H16N2O3S/c1-24(22,23)12-13-7-9-14(10-8-13)18(21)20-17-6-2-5-16-15(17)4-3-11-19-16/h2-11H,12H2,1H3,(H,20,21). The van der Waals surface area contributed by atoms with Crippen LogP contribution in [0.25, 0.3) is 10.9 Å². The van der Waals surface area contributed by atoms with Crippen LogP contribution in [-0.4, -0.2) is 25.6 Å². The largest absolute Gasteiger partial charge is 0.321 e. The van der Waals surface area contributed by atoms with Gasteiger partial charge in [-0.2, -0.15) is 0 Å². The van der Waals surface area contributed by atoms with E-state index in [4.69, 9.17) is 0 Å². The Kier molecular flexibility index (Phi) is 4.31. The van der Waals surface area contributed by atoms with Crippen molar-refractivity contribution in [2.24, 2.45) is 0 Å². The minimum absolute atomic E-state index is 0.0378. The molecule has 0 unspecified atom stereocenters. The van der Waals surface area contributed by atoms with E-state index < -0.39 is 9.84 Å². The fraction of sp³-hybridized carbons (Fsp3) is 0.111. The summed E-state index contributed by atoms with van der Waals surface area (Å²) in [6.07, 6.45) is 2.89. The van der Waals surface area contributed by atoms with Crippen LogP contribution < -0.4 is 5.32 Å². The Labute approximate surface area is 140 Å². The Balaban J connectivity index is 1.82. The van der Waals surface area contributed by atoms with Crippen LogP contribution in [0.1, 0.15) is 15.9 Å². The van der Waals surface area contributed by atoms with Crippen molar-refractivity contribution in [1.29, 1.82) is 0 Å². The van der Waals surface area contributed by atoms with Crippen molar-refractivity contribution in [2.75, 3.05) is 11.6 Å². The SMILES string of the molecule is CS(=O)(=O)Cc1ccc(C(=O)Nc2cccc3ncccc23)cc1. The smallest absolute Gasteiger partial charge is 0.255 e. The van der Waals surface area contributed by atoms with Gasteiger partial charge in [-0.3, -0.25) is 9.78 Å². The molecule has 24 heavy (non-hydrogen) atoms. The molecule has 1 amide bonds. The number of nitrogens with one attached hydrogen (secondary N) is 1. The van der Waals surface area contributed by atoms with Gasteiger partial charge in [0.05, 0.1) is 17.0 Å². The van der Waals surface area contributed by atoms with E-state index in [1.54, 1.807) is 30.5 Å². The minimum atomic E-state index is -3.09. The molecule has 0 radical (unpaired) electrons. The number of benzene rings is 2. The van der Waals surface area contributed by atoms with E-state index in [9.17, 15) is 13.2 Å². The molecule has 0 aliphatic rings. The summed E-state index contributed by atoms with van der Waals surface area (Å²) in [7, 11) is -3.09. The third kappa shape index (κ3) is 3.78. The fourth-order valence-electron chi connectivity index (χ4n) is 2.46. The second kappa shape index (κ2) is 6.41. The molecule has 0 spiro atoms. The number of carbonyl (C=O) groups excluding carboxylic acids is 1. The van der Waals surface area contributed by atoms with E-state index in [0.29, 0.717) is 16.8 Å². The summed E-state index contributed by atoms with van der Waals surface area (Å²) in [5.41, 5.74) is 2.61. The average Bonchev–Trinajstić information content (AvgIpc) is 2.54. The molecule has 1 aromatic heterocycles. The van der Waals surface area contributed by atoms with E-state index in [0.717, 1.165) is 10.9 Å². The van der Waals surface area contributed by atoms with E-state index in [-0.39, 0.29) is 11.7 Å². The molecule has 6 heteroatoms. The Morgan fingerprint density at radius 2 is 1.79 bits per heavy atom. The first-order valence-corrected chi connectivity index (χ1v) is 9.40. The molecule has 3 rings (SSSR count). The topological polar surface area (TPSA) is 76.1 Å². The molecule has 5 nitrogen and oxygen atoms in total. The zero-order valence-electron chi connectivity index (χ0n) is 13.1. The molecule has 1 heterocycles. The zero-order chi connectivity index (χ0) is 17.2. The number of nitrogens with zero attached hydrogens (tertiary/aromatic N) is 1. The summed E-state index contributed by atoms with van der Waals surface area (Å²) in [5.74, 6) is -0.290. The first-order valence-electron chi connectivity index (χ1n) is 7.34. The molecule has 2 aromatic carbocycles. The number of carbonyl (C=O) groups is 1. The van der Waals surface area contributed by atoms with E-state index in [2.05, 4.69) is 10.3 Å². The molecule has 0 saturated carbocycles. The van der Waals surface area contributed by atoms with Crippen molar-refractivity contribution < 1.29 is 13.2 Å².